The normalized spacial score (nSPS) is 41.2. The second-order valence-electron chi connectivity index (χ2n) is 10.7. The van der Waals surface area contributed by atoms with Gasteiger partial charge in [-0.3, -0.25) is 9.59 Å². The van der Waals surface area contributed by atoms with Gasteiger partial charge in [0.25, 0.3) is 5.91 Å². The monoisotopic (exact) mass is 423 g/mol. The predicted octanol–water partition coefficient (Wildman–Crippen LogP) is 4.29. The Morgan fingerprint density at radius 2 is 2.06 bits per heavy atom. The number of ether oxygens (including phenoxy) is 1. The van der Waals surface area contributed by atoms with E-state index in [0.717, 1.165) is 12.3 Å². The van der Waals surface area contributed by atoms with Gasteiger partial charge < -0.3 is 15.4 Å². The molecule has 0 aromatic carbocycles. The zero-order valence-electron chi connectivity index (χ0n) is 18.7. The third-order valence-corrected chi connectivity index (χ3v) is 9.08. The Labute approximate surface area is 184 Å². The second kappa shape index (κ2) is 7.35. The van der Waals surface area contributed by atoms with Crippen LogP contribution in [0.4, 0.5) is 5.69 Å². The Morgan fingerprint density at radius 1 is 1.23 bits per heavy atom. The van der Waals surface area contributed by atoms with Crippen molar-refractivity contribution in [2.75, 3.05) is 5.32 Å². The number of nitrogens with one attached hydrogen (secondary N) is 2. The lowest BCUT2D eigenvalue weighted by molar-refractivity contribution is -0.128. The minimum atomic E-state index is -0.161. The summed E-state index contributed by atoms with van der Waals surface area (Å²) in [5.74, 6) is 3.23. The van der Waals surface area contributed by atoms with Crippen molar-refractivity contribution in [2.45, 2.75) is 65.3 Å². The first-order valence-corrected chi connectivity index (χ1v) is 11.7. The first kappa shape index (κ1) is 20.5. The molecular weight excluding hydrogens is 390 g/mol. The van der Waals surface area contributed by atoms with E-state index in [1.54, 1.807) is 12.1 Å². The highest BCUT2D eigenvalue weighted by molar-refractivity contribution is 5.93. The van der Waals surface area contributed by atoms with E-state index in [1.165, 1.54) is 38.3 Å². The van der Waals surface area contributed by atoms with E-state index in [-0.39, 0.29) is 17.4 Å². The number of rotatable bonds is 4. The van der Waals surface area contributed by atoms with Gasteiger partial charge in [0, 0.05) is 17.5 Å². The van der Waals surface area contributed by atoms with Crippen LogP contribution in [-0.4, -0.2) is 23.3 Å². The van der Waals surface area contributed by atoms with E-state index in [4.69, 9.17) is 4.74 Å². The van der Waals surface area contributed by atoms with Crippen LogP contribution in [0.3, 0.4) is 0 Å². The van der Waals surface area contributed by atoms with Crippen LogP contribution < -0.4 is 15.4 Å². The molecule has 0 radical (unpaired) electrons. The molecule has 0 unspecified atom stereocenters. The highest BCUT2D eigenvalue weighted by Gasteiger charge is 2.60. The molecule has 6 nitrogen and oxygen atoms in total. The third kappa shape index (κ3) is 3.26. The zero-order chi connectivity index (χ0) is 21.8. The van der Waals surface area contributed by atoms with Crippen LogP contribution >= 0.6 is 0 Å². The van der Waals surface area contributed by atoms with E-state index in [2.05, 4.69) is 42.5 Å². The summed E-state index contributed by atoms with van der Waals surface area (Å²) in [5.41, 5.74) is 0.979. The summed E-state index contributed by atoms with van der Waals surface area (Å²) < 4.78 is 5.95. The number of amides is 2. The number of hydrogen-bond acceptors (Lipinski definition) is 4. The van der Waals surface area contributed by atoms with Gasteiger partial charge in [-0.25, -0.2) is 4.98 Å². The Kier molecular flexibility index (Phi) is 4.87. The lowest BCUT2D eigenvalue weighted by atomic mass is 9.46. The van der Waals surface area contributed by atoms with Gasteiger partial charge in [-0.1, -0.05) is 27.2 Å². The first-order valence-electron chi connectivity index (χ1n) is 11.7. The molecule has 2 heterocycles. The Bertz CT molecular complexity index is 913. The second-order valence-corrected chi connectivity index (χ2v) is 10.7. The van der Waals surface area contributed by atoms with Crippen molar-refractivity contribution in [3.63, 3.8) is 0 Å². The van der Waals surface area contributed by atoms with Crippen LogP contribution in [0.5, 0.6) is 5.88 Å². The van der Waals surface area contributed by atoms with Crippen molar-refractivity contribution in [1.82, 2.24) is 10.3 Å². The van der Waals surface area contributed by atoms with E-state index in [0.29, 0.717) is 46.9 Å². The molecule has 31 heavy (non-hydrogen) atoms. The van der Waals surface area contributed by atoms with Crippen molar-refractivity contribution in [2.24, 2.45) is 34.5 Å². The van der Waals surface area contributed by atoms with Gasteiger partial charge >= 0.3 is 0 Å². The number of nitrogens with zero attached hydrogens (tertiary/aromatic N) is 1. The Balaban J connectivity index is 1.44. The van der Waals surface area contributed by atoms with Crippen LogP contribution in [0.2, 0.25) is 0 Å². The topological polar surface area (TPSA) is 80.3 Å². The molecule has 3 saturated carbocycles. The maximum Gasteiger partial charge on any atom is 0.287 e. The SMILES string of the molecule is C[C@H]1C[C@H]2NC(=O)C(Oc3ccc(NC=O)cn3)=C[C@]2(C)[C@H]2CC[C@]3(C)CCC[C@H]3[C@H]12. The molecule has 1 aromatic heterocycles. The van der Waals surface area contributed by atoms with Gasteiger partial charge in [0.1, 0.15) is 0 Å². The van der Waals surface area contributed by atoms with Crippen molar-refractivity contribution in [3.8, 4) is 5.88 Å². The number of fused-ring (bicyclic) bond motifs is 5. The summed E-state index contributed by atoms with van der Waals surface area (Å²) in [6, 6.07) is 3.54. The molecule has 1 aromatic rings. The highest BCUT2D eigenvalue weighted by atomic mass is 16.5. The molecule has 5 rings (SSSR count). The molecule has 1 aliphatic heterocycles. The van der Waals surface area contributed by atoms with Gasteiger partial charge in [-0.05, 0) is 73.3 Å². The van der Waals surface area contributed by atoms with Gasteiger partial charge in [0.05, 0.1) is 11.9 Å². The lowest BCUT2D eigenvalue weighted by Crippen LogP contribution is -2.62. The van der Waals surface area contributed by atoms with E-state index in [9.17, 15) is 9.59 Å². The lowest BCUT2D eigenvalue weighted by Gasteiger charge is -2.60. The number of carbonyl (C=O) groups is 2. The fraction of sp³-hybridized carbons (Fsp3) is 0.640. The molecule has 2 amide bonds. The largest absolute Gasteiger partial charge is 0.434 e. The van der Waals surface area contributed by atoms with Crippen molar-refractivity contribution >= 4 is 18.0 Å². The summed E-state index contributed by atoms with van der Waals surface area (Å²) in [6.45, 7) is 7.25. The molecule has 4 aliphatic rings. The fourth-order valence-corrected chi connectivity index (χ4v) is 7.53. The molecule has 6 heteroatoms. The summed E-state index contributed by atoms with van der Waals surface area (Å²) in [5, 5.41) is 5.83. The first-order chi connectivity index (χ1) is 14.8. The average molecular weight is 424 g/mol. The minimum Gasteiger partial charge on any atom is -0.434 e. The quantitative estimate of drug-likeness (QED) is 0.708. The minimum absolute atomic E-state index is 0.108. The smallest absolute Gasteiger partial charge is 0.287 e. The van der Waals surface area contributed by atoms with Crippen LogP contribution in [0.25, 0.3) is 0 Å². The molecule has 0 spiro atoms. The maximum atomic E-state index is 12.9. The Morgan fingerprint density at radius 3 is 2.81 bits per heavy atom. The molecule has 166 valence electrons. The summed E-state index contributed by atoms with van der Waals surface area (Å²) in [4.78, 5) is 27.7. The maximum absolute atomic E-state index is 12.9. The van der Waals surface area contributed by atoms with Crippen LogP contribution in [0, 0.1) is 34.5 Å². The zero-order valence-corrected chi connectivity index (χ0v) is 18.7. The number of anilines is 1. The van der Waals surface area contributed by atoms with E-state index in [1.807, 2.05) is 0 Å². The molecule has 3 aliphatic carbocycles. The number of pyridine rings is 1. The number of hydrogen-bond donors (Lipinski definition) is 2. The summed E-state index contributed by atoms with van der Waals surface area (Å²) >= 11 is 0. The van der Waals surface area contributed by atoms with Crippen LogP contribution in [-0.2, 0) is 9.59 Å². The standard InChI is InChI=1S/C25H33N3O3/c1-15-11-20-25(3,18-8-10-24(2)9-4-5-17(24)22(15)18)12-19(23(30)28-20)31-21-7-6-16(13-26-21)27-14-29/h6-7,12-15,17-18,20,22H,4-5,8-11H2,1-3H3,(H,27,29)(H,28,30)/t15-,17-,18-,20+,22-,24-,25+/m0/s1. The number of carbonyl (C=O) groups excluding carboxylic acids is 2. The van der Waals surface area contributed by atoms with Crippen molar-refractivity contribution in [1.29, 1.82) is 0 Å². The van der Waals surface area contributed by atoms with Gasteiger partial charge in [-0.15, -0.1) is 0 Å². The van der Waals surface area contributed by atoms with E-state index >= 15 is 0 Å². The Hall–Kier alpha value is -2.37. The number of aromatic nitrogens is 1. The molecule has 0 saturated heterocycles. The van der Waals surface area contributed by atoms with Gasteiger partial charge in [0.2, 0.25) is 12.3 Å². The van der Waals surface area contributed by atoms with Crippen molar-refractivity contribution in [3.05, 3.63) is 30.2 Å². The van der Waals surface area contributed by atoms with Crippen LogP contribution in [0.1, 0.15) is 59.3 Å². The molecule has 0 bridgehead atoms. The van der Waals surface area contributed by atoms with Crippen LogP contribution in [0.15, 0.2) is 30.2 Å². The van der Waals surface area contributed by atoms with E-state index < -0.39 is 0 Å². The molecular formula is C25H33N3O3. The summed E-state index contributed by atoms with van der Waals surface area (Å²) in [6.07, 6.45) is 11.9. The predicted molar refractivity (Wildman–Crippen MR) is 118 cm³/mol. The highest BCUT2D eigenvalue weighted by Crippen LogP contribution is 2.64. The van der Waals surface area contributed by atoms with Gasteiger partial charge in [0.15, 0.2) is 5.76 Å². The third-order valence-electron chi connectivity index (χ3n) is 9.08. The fourth-order valence-electron chi connectivity index (χ4n) is 7.53. The molecule has 7 atom stereocenters. The van der Waals surface area contributed by atoms with Crippen molar-refractivity contribution < 1.29 is 14.3 Å². The molecule has 3 fully saturated rings. The summed E-state index contributed by atoms with van der Waals surface area (Å²) in [7, 11) is 0. The average Bonchev–Trinajstić information content (AvgIpc) is 3.13. The van der Waals surface area contributed by atoms with Gasteiger partial charge in [-0.2, -0.15) is 0 Å². The molecule has 2 N–H and O–H groups in total.